The van der Waals surface area contributed by atoms with Crippen LogP contribution in [0.5, 0.6) is 11.5 Å². The van der Waals surface area contributed by atoms with Gasteiger partial charge in [-0.3, -0.25) is 0 Å². The molecule has 0 bridgehead atoms. The highest BCUT2D eigenvalue weighted by molar-refractivity contribution is 5.40. The quantitative estimate of drug-likeness (QED) is 0.933. The van der Waals surface area contributed by atoms with Crippen molar-refractivity contribution in [2.45, 2.75) is 38.6 Å². The third-order valence-electron chi connectivity index (χ3n) is 3.62. The van der Waals surface area contributed by atoms with E-state index in [0.717, 1.165) is 22.6 Å². The maximum absolute atomic E-state index is 10.7. The standard InChI is InChI=1S/C18H20O3/c1-12(2)20-16-10-6-4-8-14(16)18(19)17-11-13-7-3-5-9-15(13)21-17/h3-10,12,17-19H,11H2,1-2H3. The minimum atomic E-state index is -0.702. The lowest BCUT2D eigenvalue weighted by atomic mass is 9.99. The molecule has 0 spiro atoms. The van der Waals surface area contributed by atoms with Gasteiger partial charge in [-0.15, -0.1) is 0 Å². The second-order valence-corrected chi connectivity index (χ2v) is 5.62. The zero-order valence-corrected chi connectivity index (χ0v) is 12.3. The lowest BCUT2D eigenvalue weighted by Crippen LogP contribution is -2.24. The van der Waals surface area contributed by atoms with Gasteiger partial charge in [0, 0.05) is 12.0 Å². The number of rotatable bonds is 4. The minimum absolute atomic E-state index is 0.0695. The fraction of sp³-hybridized carbons (Fsp3) is 0.333. The van der Waals surface area contributed by atoms with Gasteiger partial charge in [-0.2, -0.15) is 0 Å². The summed E-state index contributed by atoms with van der Waals surface area (Å²) in [4.78, 5) is 0. The number of hydrogen-bond donors (Lipinski definition) is 1. The zero-order chi connectivity index (χ0) is 14.8. The van der Waals surface area contributed by atoms with E-state index < -0.39 is 6.10 Å². The average molecular weight is 284 g/mol. The monoisotopic (exact) mass is 284 g/mol. The van der Waals surface area contributed by atoms with Crippen LogP contribution in [0.2, 0.25) is 0 Å². The van der Waals surface area contributed by atoms with Crippen LogP contribution in [0.15, 0.2) is 48.5 Å². The Balaban J connectivity index is 1.82. The van der Waals surface area contributed by atoms with E-state index in [1.54, 1.807) is 0 Å². The summed E-state index contributed by atoms with van der Waals surface area (Å²) in [5, 5.41) is 10.7. The highest BCUT2D eigenvalue weighted by atomic mass is 16.5. The van der Waals surface area contributed by atoms with Crippen molar-refractivity contribution in [3.05, 3.63) is 59.7 Å². The summed E-state index contributed by atoms with van der Waals surface area (Å²) < 4.78 is 11.7. The summed E-state index contributed by atoms with van der Waals surface area (Å²) in [6.07, 6.45) is -0.181. The Kier molecular flexibility index (Phi) is 3.84. The summed E-state index contributed by atoms with van der Waals surface area (Å²) in [6.45, 7) is 3.95. The Labute approximate surface area is 125 Å². The molecule has 0 amide bonds. The molecular weight excluding hydrogens is 264 g/mol. The number of para-hydroxylation sites is 2. The van der Waals surface area contributed by atoms with Gasteiger partial charge in [0.15, 0.2) is 0 Å². The molecule has 0 radical (unpaired) electrons. The molecule has 21 heavy (non-hydrogen) atoms. The predicted molar refractivity (Wildman–Crippen MR) is 81.7 cm³/mol. The third kappa shape index (κ3) is 2.88. The van der Waals surface area contributed by atoms with Crippen molar-refractivity contribution in [2.75, 3.05) is 0 Å². The summed E-state index contributed by atoms with van der Waals surface area (Å²) in [7, 11) is 0. The molecule has 0 aromatic heterocycles. The molecule has 1 aliphatic rings. The molecule has 1 heterocycles. The van der Waals surface area contributed by atoms with Gasteiger partial charge in [0.25, 0.3) is 0 Å². The highest BCUT2D eigenvalue weighted by Crippen LogP contribution is 2.36. The van der Waals surface area contributed by atoms with Crippen LogP contribution < -0.4 is 9.47 Å². The zero-order valence-electron chi connectivity index (χ0n) is 12.3. The smallest absolute Gasteiger partial charge is 0.133 e. The minimum Gasteiger partial charge on any atom is -0.491 e. The molecule has 2 atom stereocenters. The summed E-state index contributed by atoms with van der Waals surface area (Å²) in [5.74, 6) is 1.59. The molecule has 0 fully saturated rings. The molecule has 3 nitrogen and oxygen atoms in total. The van der Waals surface area contributed by atoms with Crippen molar-refractivity contribution in [3.63, 3.8) is 0 Å². The van der Waals surface area contributed by atoms with Crippen LogP contribution in [0.25, 0.3) is 0 Å². The van der Waals surface area contributed by atoms with Gasteiger partial charge in [-0.25, -0.2) is 0 Å². The van der Waals surface area contributed by atoms with Gasteiger partial charge in [0.2, 0.25) is 0 Å². The first-order chi connectivity index (χ1) is 10.1. The van der Waals surface area contributed by atoms with E-state index in [-0.39, 0.29) is 12.2 Å². The Morgan fingerprint density at radius 2 is 1.81 bits per heavy atom. The molecule has 110 valence electrons. The number of aliphatic hydroxyl groups excluding tert-OH is 1. The van der Waals surface area contributed by atoms with Crippen LogP contribution in [0.3, 0.4) is 0 Å². The first kappa shape index (κ1) is 14.0. The fourth-order valence-electron chi connectivity index (χ4n) is 2.67. The maximum Gasteiger partial charge on any atom is 0.133 e. The molecular formula is C18H20O3. The number of benzene rings is 2. The van der Waals surface area contributed by atoms with Gasteiger partial charge in [0.05, 0.1) is 6.10 Å². The van der Waals surface area contributed by atoms with E-state index in [1.165, 1.54) is 0 Å². The second kappa shape index (κ2) is 5.78. The lowest BCUT2D eigenvalue weighted by Gasteiger charge is -2.22. The molecule has 2 unspecified atom stereocenters. The van der Waals surface area contributed by atoms with Crippen molar-refractivity contribution >= 4 is 0 Å². The normalized spacial score (nSPS) is 18.2. The molecule has 2 aromatic carbocycles. The number of ether oxygens (including phenoxy) is 2. The Morgan fingerprint density at radius 1 is 1.10 bits per heavy atom. The van der Waals surface area contributed by atoms with Crippen molar-refractivity contribution in [2.24, 2.45) is 0 Å². The Hall–Kier alpha value is -2.00. The third-order valence-corrected chi connectivity index (χ3v) is 3.62. The van der Waals surface area contributed by atoms with E-state index in [0.29, 0.717) is 6.42 Å². The molecule has 1 aliphatic heterocycles. The summed E-state index contributed by atoms with van der Waals surface area (Å²) in [6, 6.07) is 15.5. The number of aliphatic hydroxyl groups is 1. The van der Waals surface area contributed by atoms with E-state index in [2.05, 4.69) is 0 Å². The first-order valence-electron chi connectivity index (χ1n) is 7.33. The number of hydrogen-bond acceptors (Lipinski definition) is 3. The Morgan fingerprint density at radius 3 is 2.57 bits per heavy atom. The Bertz CT molecular complexity index is 596. The topological polar surface area (TPSA) is 38.7 Å². The molecule has 1 N–H and O–H groups in total. The maximum atomic E-state index is 10.7. The van der Waals surface area contributed by atoms with Crippen molar-refractivity contribution in [1.82, 2.24) is 0 Å². The first-order valence-corrected chi connectivity index (χ1v) is 7.33. The molecule has 0 saturated heterocycles. The van der Waals surface area contributed by atoms with Crippen LogP contribution in [0.4, 0.5) is 0 Å². The number of fused-ring (bicyclic) bond motifs is 1. The van der Waals surface area contributed by atoms with Gasteiger partial charge >= 0.3 is 0 Å². The fourth-order valence-corrected chi connectivity index (χ4v) is 2.67. The van der Waals surface area contributed by atoms with E-state index in [4.69, 9.17) is 9.47 Å². The largest absolute Gasteiger partial charge is 0.491 e. The highest BCUT2D eigenvalue weighted by Gasteiger charge is 2.31. The van der Waals surface area contributed by atoms with Crippen LogP contribution in [0, 0.1) is 0 Å². The SMILES string of the molecule is CC(C)Oc1ccccc1C(O)C1Cc2ccccc2O1. The van der Waals surface area contributed by atoms with Crippen LogP contribution in [-0.2, 0) is 6.42 Å². The summed E-state index contributed by atoms with van der Waals surface area (Å²) >= 11 is 0. The summed E-state index contributed by atoms with van der Waals surface area (Å²) in [5.41, 5.74) is 1.92. The van der Waals surface area contributed by atoms with Crippen LogP contribution in [-0.4, -0.2) is 17.3 Å². The molecule has 0 aliphatic carbocycles. The van der Waals surface area contributed by atoms with Crippen molar-refractivity contribution in [3.8, 4) is 11.5 Å². The second-order valence-electron chi connectivity index (χ2n) is 5.62. The lowest BCUT2D eigenvalue weighted by molar-refractivity contribution is 0.0462. The van der Waals surface area contributed by atoms with Crippen molar-refractivity contribution < 1.29 is 14.6 Å². The predicted octanol–water partition coefficient (Wildman–Crippen LogP) is 3.51. The molecule has 2 aromatic rings. The van der Waals surface area contributed by atoms with Gasteiger partial charge < -0.3 is 14.6 Å². The molecule has 3 heteroatoms. The van der Waals surface area contributed by atoms with Crippen molar-refractivity contribution in [1.29, 1.82) is 0 Å². The van der Waals surface area contributed by atoms with E-state index >= 15 is 0 Å². The molecule has 3 rings (SSSR count). The van der Waals surface area contributed by atoms with Gasteiger partial charge in [0.1, 0.15) is 23.7 Å². The van der Waals surface area contributed by atoms with Crippen LogP contribution in [0.1, 0.15) is 31.1 Å². The molecule has 0 saturated carbocycles. The van der Waals surface area contributed by atoms with Gasteiger partial charge in [-0.1, -0.05) is 36.4 Å². The van der Waals surface area contributed by atoms with E-state index in [1.807, 2.05) is 62.4 Å². The van der Waals surface area contributed by atoms with Crippen LogP contribution >= 0.6 is 0 Å². The van der Waals surface area contributed by atoms with Gasteiger partial charge in [-0.05, 0) is 31.5 Å². The van der Waals surface area contributed by atoms with E-state index in [9.17, 15) is 5.11 Å². The average Bonchev–Trinajstić information content (AvgIpc) is 2.90.